The van der Waals surface area contributed by atoms with E-state index >= 15 is 0 Å². The average molecular weight is 174 g/mol. The summed E-state index contributed by atoms with van der Waals surface area (Å²) in [7, 11) is 0. The zero-order chi connectivity index (χ0) is 9.26. The van der Waals surface area contributed by atoms with Crippen molar-refractivity contribution in [2.45, 2.75) is 13.8 Å². The topological polar surface area (TPSA) is 43.6 Å². The second-order valence-corrected chi connectivity index (χ2v) is 2.89. The molecule has 0 atom stereocenters. The van der Waals surface area contributed by atoms with Crippen molar-refractivity contribution in [2.24, 2.45) is 0 Å². The van der Waals surface area contributed by atoms with Gasteiger partial charge in [-0.25, -0.2) is 4.98 Å². The molecule has 66 valence electrons. The summed E-state index contributed by atoms with van der Waals surface area (Å²) in [4.78, 5) is 4.26. The van der Waals surface area contributed by atoms with Crippen LogP contribution in [0.1, 0.15) is 11.4 Å². The largest absolute Gasteiger partial charge is 0.269 e. The number of nitrogens with zero attached hydrogens (tertiary/aromatic N) is 4. The van der Waals surface area contributed by atoms with Crippen molar-refractivity contribution in [3.05, 3.63) is 36.0 Å². The maximum Gasteiger partial charge on any atom is 0.142 e. The molecule has 0 aliphatic rings. The summed E-state index contributed by atoms with van der Waals surface area (Å²) in [6, 6.07) is 3.93. The molecule has 0 bridgehead atoms. The third-order valence-electron chi connectivity index (χ3n) is 1.93. The van der Waals surface area contributed by atoms with Gasteiger partial charge in [-0.3, -0.25) is 4.57 Å². The monoisotopic (exact) mass is 174 g/mol. The van der Waals surface area contributed by atoms with Crippen LogP contribution in [-0.4, -0.2) is 19.7 Å². The molecule has 0 aromatic carbocycles. The fourth-order valence-corrected chi connectivity index (χ4v) is 1.23. The van der Waals surface area contributed by atoms with Crippen molar-refractivity contribution in [3.8, 4) is 5.82 Å². The zero-order valence-corrected chi connectivity index (χ0v) is 7.60. The standard InChI is InChI=1S/C9H10N4/c1-7-4-3-5-10-9(7)13-6-11-12-8(13)2/h3-6H,1-2H3. The van der Waals surface area contributed by atoms with Gasteiger partial charge in [0.1, 0.15) is 18.0 Å². The molecule has 0 unspecified atom stereocenters. The fourth-order valence-electron chi connectivity index (χ4n) is 1.23. The van der Waals surface area contributed by atoms with E-state index in [2.05, 4.69) is 15.2 Å². The Morgan fingerprint density at radius 2 is 2.15 bits per heavy atom. The highest BCUT2D eigenvalue weighted by atomic mass is 15.3. The Hall–Kier alpha value is -1.71. The van der Waals surface area contributed by atoms with E-state index in [-0.39, 0.29) is 0 Å². The van der Waals surface area contributed by atoms with Crippen molar-refractivity contribution >= 4 is 0 Å². The van der Waals surface area contributed by atoms with Gasteiger partial charge in [-0.15, -0.1) is 10.2 Å². The molecule has 0 aliphatic heterocycles. The summed E-state index contributed by atoms with van der Waals surface area (Å²) >= 11 is 0. The van der Waals surface area contributed by atoms with Crippen molar-refractivity contribution in [2.75, 3.05) is 0 Å². The van der Waals surface area contributed by atoms with Crippen LogP contribution in [0.3, 0.4) is 0 Å². The quantitative estimate of drug-likeness (QED) is 0.654. The SMILES string of the molecule is Cc1cccnc1-n1cnnc1C. The molecule has 2 aromatic heterocycles. The summed E-state index contributed by atoms with van der Waals surface area (Å²) in [6.45, 7) is 3.92. The molecule has 2 heterocycles. The maximum absolute atomic E-state index is 4.26. The Morgan fingerprint density at radius 3 is 2.77 bits per heavy atom. The number of aryl methyl sites for hydroxylation is 2. The zero-order valence-electron chi connectivity index (χ0n) is 7.60. The first-order chi connectivity index (χ1) is 6.29. The molecule has 0 radical (unpaired) electrons. The molecular formula is C9H10N4. The van der Waals surface area contributed by atoms with Crippen LogP contribution in [0.5, 0.6) is 0 Å². The molecule has 0 amide bonds. The van der Waals surface area contributed by atoms with Crippen molar-refractivity contribution in [3.63, 3.8) is 0 Å². The number of pyridine rings is 1. The smallest absolute Gasteiger partial charge is 0.142 e. The van der Waals surface area contributed by atoms with E-state index in [4.69, 9.17) is 0 Å². The van der Waals surface area contributed by atoms with Gasteiger partial charge in [0.2, 0.25) is 0 Å². The molecule has 2 aromatic rings. The Labute approximate surface area is 76.3 Å². The number of hydrogen-bond acceptors (Lipinski definition) is 3. The van der Waals surface area contributed by atoms with Crippen LogP contribution in [0.4, 0.5) is 0 Å². The van der Waals surface area contributed by atoms with Crippen molar-refractivity contribution in [1.82, 2.24) is 19.7 Å². The normalized spacial score (nSPS) is 10.3. The Kier molecular flexibility index (Phi) is 1.81. The number of rotatable bonds is 1. The fraction of sp³-hybridized carbons (Fsp3) is 0.222. The summed E-state index contributed by atoms with van der Waals surface area (Å²) in [6.07, 6.45) is 3.44. The van der Waals surface area contributed by atoms with E-state index in [1.807, 2.05) is 30.5 Å². The molecule has 4 heteroatoms. The van der Waals surface area contributed by atoms with Gasteiger partial charge in [-0.1, -0.05) is 6.07 Å². The first-order valence-corrected chi connectivity index (χ1v) is 4.07. The van der Waals surface area contributed by atoms with Gasteiger partial charge < -0.3 is 0 Å². The second kappa shape index (κ2) is 2.97. The van der Waals surface area contributed by atoms with Crippen LogP contribution in [0.25, 0.3) is 5.82 Å². The molecule has 0 N–H and O–H groups in total. The molecule has 0 fully saturated rings. The van der Waals surface area contributed by atoms with E-state index in [9.17, 15) is 0 Å². The van der Waals surface area contributed by atoms with Crippen LogP contribution in [0.15, 0.2) is 24.7 Å². The van der Waals surface area contributed by atoms with Crippen LogP contribution >= 0.6 is 0 Å². The lowest BCUT2D eigenvalue weighted by molar-refractivity contribution is 0.920. The van der Waals surface area contributed by atoms with Crippen LogP contribution in [0.2, 0.25) is 0 Å². The van der Waals surface area contributed by atoms with E-state index in [0.29, 0.717) is 0 Å². The van der Waals surface area contributed by atoms with Gasteiger partial charge in [0.15, 0.2) is 0 Å². The number of hydrogen-bond donors (Lipinski definition) is 0. The number of aromatic nitrogens is 4. The van der Waals surface area contributed by atoms with Gasteiger partial charge in [-0.2, -0.15) is 0 Å². The minimum absolute atomic E-state index is 0.849. The predicted octanol–water partition coefficient (Wildman–Crippen LogP) is 1.28. The lowest BCUT2D eigenvalue weighted by atomic mass is 10.3. The third kappa shape index (κ3) is 1.30. The van der Waals surface area contributed by atoms with Crippen molar-refractivity contribution < 1.29 is 0 Å². The second-order valence-electron chi connectivity index (χ2n) is 2.89. The highest BCUT2D eigenvalue weighted by Crippen LogP contribution is 2.10. The molecule has 0 saturated heterocycles. The molecule has 0 aliphatic carbocycles. The van der Waals surface area contributed by atoms with E-state index in [1.54, 1.807) is 12.5 Å². The Bertz CT molecular complexity index is 419. The van der Waals surface area contributed by atoms with Crippen LogP contribution in [-0.2, 0) is 0 Å². The average Bonchev–Trinajstić information content (AvgIpc) is 2.52. The Balaban J connectivity index is 2.59. The minimum atomic E-state index is 0.849. The van der Waals surface area contributed by atoms with E-state index in [0.717, 1.165) is 17.2 Å². The first kappa shape index (κ1) is 7.91. The highest BCUT2D eigenvalue weighted by Gasteiger charge is 2.04. The molecular weight excluding hydrogens is 164 g/mol. The molecule has 2 rings (SSSR count). The maximum atomic E-state index is 4.26. The van der Waals surface area contributed by atoms with E-state index in [1.165, 1.54) is 0 Å². The molecule has 13 heavy (non-hydrogen) atoms. The minimum Gasteiger partial charge on any atom is -0.269 e. The van der Waals surface area contributed by atoms with Crippen LogP contribution < -0.4 is 0 Å². The van der Waals surface area contributed by atoms with E-state index < -0.39 is 0 Å². The Morgan fingerprint density at radius 1 is 1.31 bits per heavy atom. The highest BCUT2D eigenvalue weighted by molar-refractivity contribution is 5.32. The first-order valence-electron chi connectivity index (χ1n) is 4.07. The lowest BCUT2D eigenvalue weighted by Crippen LogP contribution is -2.00. The molecule has 0 saturated carbocycles. The van der Waals surface area contributed by atoms with Gasteiger partial charge in [-0.05, 0) is 25.5 Å². The summed E-state index contributed by atoms with van der Waals surface area (Å²) in [5.74, 6) is 1.74. The van der Waals surface area contributed by atoms with Gasteiger partial charge in [0, 0.05) is 6.20 Å². The lowest BCUT2D eigenvalue weighted by Gasteiger charge is -2.04. The van der Waals surface area contributed by atoms with Gasteiger partial charge in [0.25, 0.3) is 0 Å². The van der Waals surface area contributed by atoms with Gasteiger partial charge >= 0.3 is 0 Å². The third-order valence-corrected chi connectivity index (χ3v) is 1.93. The van der Waals surface area contributed by atoms with Gasteiger partial charge in [0.05, 0.1) is 0 Å². The summed E-state index contributed by atoms with van der Waals surface area (Å²) in [5, 5.41) is 7.72. The van der Waals surface area contributed by atoms with Crippen LogP contribution in [0, 0.1) is 13.8 Å². The summed E-state index contributed by atoms with van der Waals surface area (Å²) in [5.41, 5.74) is 1.12. The molecule has 4 nitrogen and oxygen atoms in total. The predicted molar refractivity (Wildman–Crippen MR) is 48.6 cm³/mol. The summed E-state index contributed by atoms with van der Waals surface area (Å²) < 4.78 is 1.87. The molecule has 0 spiro atoms. The van der Waals surface area contributed by atoms with Crippen molar-refractivity contribution in [1.29, 1.82) is 0 Å².